The number of hydrogen-bond acceptors (Lipinski definition) is 2. The van der Waals surface area contributed by atoms with Crippen molar-refractivity contribution in [1.29, 1.82) is 0 Å². The zero-order valence-corrected chi connectivity index (χ0v) is 12.0. The highest BCUT2D eigenvalue weighted by atomic mass is 16.2. The molecule has 1 aromatic rings. The molecule has 1 aromatic carbocycles. The highest BCUT2D eigenvalue weighted by molar-refractivity contribution is 6.00. The summed E-state index contributed by atoms with van der Waals surface area (Å²) < 4.78 is 0. The summed E-state index contributed by atoms with van der Waals surface area (Å²) in [5.74, 6) is 0.0836. The molecule has 0 bridgehead atoms. The van der Waals surface area contributed by atoms with E-state index in [-0.39, 0.29) is 5.91 Å². The second kappa shape index (κ2) is 5.74. The Bertz CT molecular complexity index is 450. The van der Waals surface area contributed by atoms with E-state index in [0.29, 0.717) is 6.54 Å². The van der Waals surface area contributed by atoms with E-state index in [4.69, 9.17) is 5.73 Å². The molecule has 3 heteroatoms. The van der Waals surface area contributed by atoms with Crippen LogP contribution < -0.4 is 10.6 Å². The fourth-order valence-corrected chi connectivity index (χ4v) is 2.90. The van der Waals surface area contributed by atoms with Crippen molar-refractivity contribution in [3.05, 3.63) is 29.8 Å². The van der Waals surface area contributed by atoms with Gasteiger partial charge < -0.3 is 10.6 Å². The van der Waals surface area contributed by atoms with Crippen LogP contribution in [0.1, 0.15) is 44.6 Å². The third-order valence-electron chi connectivity index (χ3n) is 4.05. The molecule has 0 aliphatic heterocycles. The molecule has 2 N–H and O–H groups in total. The first kappa shape index (κ1) is 14.1. The van der Waals surface area contributed by atoms with Crippen molar-refractivity contribution in [2.75, 3.05) is 11.4 Å². The van der Waals surface area contributed by atoms with E-state index >= 15 is 0 Å². The van der Waals surface area contributed by atoms with Crippen molar-refractivity contribution in [2.24, 2.45) is 5.73 Å². The molecule has 1 fully saturated rings. The summed E-state index contributed by atoms with van der Waals surface area (Å²) in [5, 5.41) is 0. The Morgan fingerprint density at radius 1 is 1.32 bits per heavy atom. The van der Waals surface area contributed by atoms with Gasteiger partial charge in [0, 0.05) is 12.2 Å². The topological polar surface area (TPSA) is 46.3 Å². The molecule has 0 atom stereocenters. The number of hydrogen-bond donors (Lipinski definition) is 1. The van der Waals surface area contributed by atoms with E-state index in [2.05, 4.69) is 0 Å². The van der Waals surface area contributed by atoms with E-state index in [9.17, 15) is 4.79 Å². The quantitative estimate of drug-likeness (QED) is 0.908. The van der Waals surface area contributed by atoms with Crippen LogP contribution in [0.25, 0.3) is 0 Å². The SMILES string of the molecule is CCN(C(=O)C1(N)CCCCC1)c1cccc(C)c1. The van der Waals surface area contributed by atoms with Crippen molar-refractivity contribution in [3.8, 4) is 0 Å². The van der Waals surface area contributed by atoms with Crippen molar-refractivity contribution in [1.82, 2.24) is 0 Å². The molecule has 1 aliphatic rings. The molecule has 1 saturated carbocycles. The van der Waals surface area contributed by atoms with Crippen LogP contribution in [-0.4, -0.2) is 18.0 Å². The minimum absolute atomic E-state index is 0.0836. The Kier molecular flexibility index (Phi) is 4.25. The van der Waals surface area contributed by atoms with Crippen molar-refractivity contribution in [3.63, 3.8) is 0 Å². The van der Waals surface area contributed by atoms with Crippen LogP contribution in [0.2, 0.25) is 0 Å². The van der Waals surface area contributed by atoms with Gasteiger partial charge in [0.2, 0.25) is 5.91 Å². The van der Waals surface area contributed by atoms with Crippen LogP contribution in [-0.2, 0) is 4.79 Å². The second-order valence-electron chi connectivity index (χ2n) is 5.61. The fourth-order valence-electron chi connectivity index (χ4n) is 2.90. The van der Waals surface area contributed by atoms with Gasteiger partial charge >= 0.3 is 0 Å². The molecule has 19 heavy (non-hydrogen) atoms. The van der Waals surface area contributed by atoms with Gasteiger partial charge in [-0.3, -0.25) is 4.79 Å². The van der Waals surface area contributed by atoms with Crippen molar-refractivity contribution >= 4 is 11.6 Å². The average molecular weight is 260 g/mol. The molecule has 1 aliphatic carbocycles. The Balaban J connectivity index is 2.24. The Morgan fingerprint density at radius 3 is 2.58 bits per heavy atom. The lowest BCUT2D eigenvalue weighted by molar-refractivity contribution is -0.124. The minimum Gasteiger partial charge on any atom is -0.317 e. The Labute approximate surface area is 115 Å². The number of aryl methyl sites for hydroxylation is 1. The van der Waals surface area contributed by atoms with Gasteiger partial charge in [-0.15, -0.1) is 0 Å². The van der Waals surface area contributed by atoms with Crippen LogP contribution >= 0.6 is 0 Å². The molecular weight excluding hydrogens is 236 g/mol. The van der Waals surface area contributed by atoms with E-state index in [1.807, 2.05) is 43.0 Å². The van der Waals surface area contributed by atoms with Gasteiger partial charge in [-0.2, -0.15) is 0 Å². The van der Waals surface area contributed by atoms with Gasteiger partial charge in [0.15, 0.2) is 0 Å². The number of anilines is 1. The zero-order chi connectivity index (χ0) is 13.9. The molecule has 0 unspecified atom stereocenters. The van der Waals surface area contributed by atoms with E-state index < -0.39 is 5.54 Å². The number of amides is 1. The predicted molar refractivity (Wildman–Crippen MR) is 79.2 cm³/mol. The molecular formula is C16H24N2O. The third-order valence-corrected chi connectivity index (χ3v) is 4.05. The smallest absolute Gasteiger partial charge is 0.247 e. The molecule has 0 aromatic heterocycles. The summed E-state index contributed by atoms with van der Waals surface area (Å²) in [6, 6.07) is 8.07. The number of nitrogens with two attached hydrogens (primary N) is 1. The van der Waals surface area contributed by atoms with Crippen LogP contribution in [0.3, 0.4) is 0 Å². The summed E-state index contributed by atoms with van der Waals surface area (Å²) in [4.78, 5) is 14.6. The summed E-state index contributed by atoms with van der Waals surface area (Å²) in [5.41, 5.74) is 7.83. The van der Waals surface area contributed by atoms with Gasteiger partial charge in [0.1, 0.15) is 0 Å². The van der Waals surface area contributed by atoms with E-state index in [1.165, 1.54) is 12.0 Å². The van der Waals surface area contributed by atoms with Crippen molar-refractivity contribution in [2.45, 2.75) is 51.5 Å². The highest BCUT2D eigenvalue weighted by Crippen LogP contribution is 2.29. The predicted octanol–water partition coefficient (Wildman–Crippen LogP) is 3.01. The lowest BCUT2D eigenvalue weighted by atomic mass is 9.81. The van der Waals surface area contributed by atoms with Gasteiger partial charge in [-0.25, -0.2) is 0 Å². The summed E-state index contributed by atoms with van der Waals surface area (Å²) in [7, 11) is 0. The molecule has 1 amide bonds. The van der Waals surface area contributed by atoms with Gasteiger partial charge in [-0.05, 0) is 44.4 Å². The maximum absolute atomic E-state index is 12.8. The van der Waals surface area contributed by atoms with Crippen LogP contribution in [0, 0.1) is 6.92 Å². The number of carbonyl (C=O) groups excluding carboxylic acids is 1. The first-order chi connectivity index (χ1) is 9.07. The number of nitrogens with zero attached hydrogens (tertiary/aromatic N) is 1. The molecule has 0 radical (unpaired) electrons. The molecule has 104 valence electrons. The van der Waals surface area contributed by atoms with Crippen molar-refractivity contribution < 1.29 is 4.79 Å². The molecule has 0 saturated heterocycles. The van der Waals surface area contributed by atoms with Crippen LogP contribution in [0.4, 0.5) is 5.69 Å². The van der Waals surface area contributed by atoms with E-state index in [0.717, 1.165) is 31.4 Å². The normalized spacial score (nSPS) is 18.1. The minimum atomic E-state index is -0.655. The number of benzene rings is 1. The van der Waals surface area contributed by atoms with Crippen LogP contribution in [0.15, 0.2) is 24.3 Å². The number of rotatable bonds is 3. The standard InChI is InChI=1S/C16H24N2O/c1-3-18(14-9-7-8-13(2)12-14)15(19)16(17)10-5-4-6-11-16/h7-9,12H,3-6,10-11,17H2,1-2H3. The lowest BCUT2D eigenvalue weighted by Crippen LogP contribution is -2.56. The largest absolute Gasteiger partial charge is 0.317 e. The zero-order valence-electron chi connectivity index (χ0n) is 12.0. The Morgan fingerprint density at radius 2 is 2.00 bits per heavy atom. The first-order valence-corrected chi connectivity index (χ1v) is 7.24. The Hall–Kier alpha value is -1.35. The monoisotopic (exact) mass is 260 g/mol. The third kappa shape index (κ3) is 2.98. The summed E-state index contributed by atoms with van der Waals surface area (Å²) >= 11 is 0. The number of likely N-dealkylation sites (N-methyl/N-ethyl adjacent to an activating group) is 1. The first-order valence-electron chi connectivity index (χ1n) is 7.24. The number of carbonyl (C=O) groups is 1. The van der Waals surface area contributed by atoms with Gasteiger partial charge in [0.05, 0.1) is 5.54 Å². The summed E-state index contributed by atoms with van der Waals surface area (Å²) in [6.07, 6.45) is 4.95. The summed E-state index contributed by atoms with van der Waals surface area (Å²) in [6.45, 7) is 4.72. The van der Waals surface area contributed by atoms with E-state index in [1.54, 1.807) is 0 Å². The maximum atomic E-state index is 12.8. The lowest BCUT2D eigenvalue weighted by Gasteiger charge is -2.36. The second-order valence-corrected chi connectivity index (χ2v) is 5.61. The molecule has 0 spiro atoms. The van der Waals surface area contributed by atoms with Gasteiger partial charge in [-0.1, -0.05) is 31.4 Å². The fraction of sp³-hybridized carbons (Fsp3) is 0.562. The van der Waals surface area contributed by atoms with Crippen LogP contribution in [0.5, 0.6) is 0 Å². The highest BCUT2D eigenvalue weighted by Gasteiger charge is 2.38. The maximum Gasteiger partial charge on any atom is 0.247 e. The molecule has 2 rings (SSSR count). The molecule has 3 nitrogen and oxygen atoms in total. The average Bonchev–Trinajstić information content (AvgIpc) is 2.40. The molecule has 0 heterocycles. The van der Waals surface area contributed by atoms with Gasteiger partial charge in [0.25, 0.3) is 0 Å².